The van der Waals surface area contributed by atoms with Gasteiger partial charge in [0.1, 0.15) is 12.4 Å². The Morgan fingerprint density at radius 3 is 2.62 bits per heavy atom. The molecule has 0 radical (unpaired) electrons. The summed E-state index contributed by atoms with van der Waals surface area (Å²) in [6.07, 6.45) is 3.55. The Kier molecular flexibility index (Phi) is 7.90. The highest BCUT2D eigenvalue weighted by Crippen LogP contribution is 2.03. The van der Waals surface area contributed by atoms with Gasteiger partial charge in [-0.3, -0.25) is 4.99 Å². The highest BCUT2D eigenvalue weighted by atomic mass is 16.5. The molecule has 130 valence electrons. The van der Waals surface area contributed by atoms with E-state index >= 15 is 0 Å². The molecule has 0 saturated carbocycles. The topological polar surface area (TPSA) is 58.8 Å². The maximum absolute atomic E-state index is 5.55. The molecule has 1 aromatic heterocycles. The normalized spacial score (nSPS) is 11.5. The zero-order valence-electron chi connectivity index (χ0n) is 14.5. The third-order valence-corrected chi connectivity index (χ3v) is 3.63. The summed E-state index contributed by atoms with van der Waals surface area (Å²) in [5.74, 6) is 1.68. The lowest BCUT2D eigenvalue weighted by Gasteiger charge is -2.12. The van der Waals surface area contributed by atoms with Crippen LogP contribution in [-0.2, 0) is 17.8 Å². The van der Waals surface area contributed by atoms with Gasteiger partial charge in [0.25, 0.3) is 0 Å². The van der Waals surface area contributed by atoms with Crippen molar-refractivity contribution in [2.75, 3.05) is 26.7 Å². The van der Waals surface area contributed by atoms with Gasteiger partial charge in [0.05, 0.1) is 6.26 Å². The monoisotopic (exact) mass is 329 g/mol. The predicted molar refractivity (Wildman–Crippen MR) is 97.2 cm³/mol. The quantitative estimate of drug-likeness (QED) is 0.422. The van der Waals surface area contributed by atoms with Crippen molar-refractivity contribution in [3.05, 3.63) is 59.5 Å². The number of ether oxygens (including phenoxy) is 1. The first-order valence-corrected chi connectivity index (χ1v) is 8.38. The van der Waals surface area contributed by atoms with Gasteiger partial charge in [0, 0.05) is 26.7 Å². The highest BCUT2D eigenvalue weighted by Gasteiger charge is 1.99. The van der Waals surface area contributed by atoms with Gasteiger partial charge in [-0.05, 0) is 37.5 Å². The molecule has 0 saturated heterocycles. The molecule has 2 aromatic rings. The van der Waals surface area contributed by atoms with Gasteiger partial charge >= 0.3 is 0 Å². The number of guanidine groups is 1. The standard InChI is InChI=1S/C19H27N3O2/c1-16-6-8-17(9-7-16)10-12-22-19(20-2)21-11-4-13-23-15-18-5-3-14-24-18/h3,5-9,14H,4,10-13,15H2,1-2H3,(H2,20,21,22). The Labute approximate surface area is 144 Å². The van der Waals surface area contributed by atoms with Gasteiger partial charge < -0.3 is 19.8 Å². The van der Waals surface area contributed by atoms with E-state index in [9.17, 15) is 0 Å². The molecule has 0 atom stereocenters. The summed E-state index contributed by atoms with van der Waals surface area (Å²) in [7, 11) is 1.79. The number of aliphatic imine (C=N–C) groups is 1. The predicted octanol–water partition coefficient (Wildman–Crippen LogP) is 2.90. The van der Waals surface area contributed by atoms with Crippen LogP contribution in [0.5, 0.6) is 0 Å². The van der Waals surface area contributed by atoms with Crippen LogP contribution in [0.1, 0.15) is 23.3 Å². The van der Waals surface area contributed by atoms with E-state index in [-0.39, 0.29) is 0 Å². The molecule has 24 heavy (non-hydrogen) atoms. The molecule has 0 fully saturated rings. The molecule has 2 rings (SSSR count). The van der Waals surface area contributed by atoms with E-state index in [1.807, 2.05) is 12.1 Å². The fourth-order valence-corrected chi connectivity index (χ4v) is 2.25. The zero-order valence-corrected chi connectivity index (χ0v) is 14.5. The van der Waals surface area contributed by atoms with E-state index in [4.69, 9.17) is 9.15 Å². The molecular weight excluding hydrogens is 302 g/mol. The van der Waals surface area contributed by atoms with Gasteiger partial charge in [-0.1, -0.05) is 29.8 Å². The largest absolute Gasteiger partial charge is 0.467 e. The summed E-state index contributed by atoms with van der Waals surface area (Å²) >= 11 is 0. The van der Waals surface area contributed by atoms with E-state index in [0.717, 1.165) is 37.7 Å². The summed E-state index contributed by atoms with van der Waals surface area (Å²) in [6.45, 7) is 5.00. The Bertz CT molecular complexity index is 592. The van der Waals surface area contributed by atoms with Crippen molar-refractivity contribution in [2.24, 2.45) is 4.99 Å². The molecule has 0 amide bonds. The molecule has 0 spiro atoms. The van der Waals surface area contributed by atoms with Gasteiger partial charge in [0.2, 0.25) is 0 Å². The molecule has 1 heterocycles. The second kappa shape index (κ2) is 10.5. The number of rotatable bonds is 9. The number of aryl methyl sites for hydroxylation is 1. The third kappa shape index (κ3) is 6.87. The fraction of sp³-hybridized carbons (Fsp3) is 0.421. The summed E-state index contributed by atoms with van der Waals surface area (Å²) < 4.78 is 10.8. The van der Waals surface area contributed by atoms with E-state index in [2.05, 4.69) is 46.8 Å². The zero-order chi connectivity index (χ0) is 17.0. The minimum atomic E-state index is 0.524. The Hall–Kier alpha value is -2.27. The molecule has 5 heteroatoms. The molecule has 5 nitrogen and oxygen atoms in total. The molecule has 2 N–H and O–H groups in total. The highest BCUT2D eigenvalue weighted by molar-refractivity contribution is 5.79. The molecular formula is C19H27N3O2. The first kappa shape index (κ1) is 18.1. The molecule has 0 unspecified atom stereocenters. The van der Waals surface area contributed by atoms with E-state index < -0.39 is 0 Å². The van der Waals surface area contributed by atoms with Crippen LogP contribution in [0.4, 0.5) is 0 Å². The van der Waals surface area contributed by atoms with Gasteiger partial charge in [-0.2, -0.15) is 0 Å². The second-order valence-corrected chi connectivity index (χ2v) is 5.65. The maximum atomic E-state index is 5.55. The molecule has 0 bridgehead atoms. The minimum absolute atomic E-state index is 0.524. The van der Waals surface area contributed by atoms with Crippen molar-refractivity contribution in [3.8, 4) is 0 Å². The van der Waals surface area contributed by atoms with Crippen LogP contribution in [0.2, 0.25) is 0 Å². The third-order valence-electron chi connectivity index (χ3n) is 3.63. The van der Waals surface area contributed by atoms with Crippen LogP contribution in [0.25, 0.3) is 0 Å². The average molecular weight is 329 g/mol. The summed E-state index contributed by atoms with van der Waals surface area (Å²) in [5, 5.41) is 6.62. The maximum Gasteiger partial charge on any atom is 0.190 e. The van der Waals surface area contributed by atoms with Gasteiger partial charge in [-0.15, -0.1) is 0 Å². The number of hydrogen-bond acceptors (Lipinski definition) is 3. The first-order valence-electron chi connectivity index (χ1n) is 8.38. The Morgan fingerprint density at radius 2 is 1.92 bits per heavy atom. The van der Waals surface area contributed by atoms with Crippen molar-refractivity contribution in [3.63, 3.8) is 0 Å². The van der Waals surface area contributed by atoms with Crippen LogP contribution < -0.4 is 10.6 Å². The van der Waals surface area contributed by atoms with Gasteiger partial charge in [-0.25, -0.2) is 0 Å². The number of hydrogen-bond donors (Lipinski definition) is 2. The van der Waals surface area contributed by atoms with Crippen LogP contribution in [0, 0.1) is 6.92 Å². The molecule has 0 aliphatic rings. The number of furan rings is 1. The molecule has 0 aliphatic heterocycles. The van der Waals surface area contributed by atoms with Crippen LogP contribution in [-0.4, -0.2) is 32.7 Å². The fourth-order valence-electron chi connectivity index (χ4n) is 2.25. The SMILES string of the molecule is CN=C(NCCCOCc1ccco1)NCCc1ccc(C)cc1. The summed E-state index contributed by atoms with van der Waals surface area (Å²) in [5.41, 5.74) is 2.62. The van der Waals surface area contributed by atoms with E-state index in [0.29, 0.717) is 13.2 Å². The number of nitrogens with one attached hydrogen (secondary N) is 2. The lowest BCUT2D eigenvalue weighted by atomic mass is 10.1. The van der Waals surface area contributed by atoms with Crippen LogP contribution in [0.3, 0.4) is 0 Å². The van der Waals surface area contributed by atoms with Crippen molar-refractivity contribution in [1.29, 1.82) is 0 Å². The van der Waals surface area contributed by atoms with E-state index in [1.54, 1.807) is 13.3 Å². The van der Waals surface area contributed by atoms with E-state index in [1.165, 1.54) is 11.1 Å². The summed E-state index contributed by atoms with van der Waals surface area (Å²) in [6, 6.07) is 12.4. The van der Waals surface area contributed by atoms with Crippen LogP contribution >= 0.6 is 0 Å². The van der Waals surface area contributed by atoms with Crippen molar-refractivity contribution < 1.29 is 9.15 Å². The van der Waals surface area contributed by atoms with Crippen molar-refractivity contribution in [1.82, 2.24) is 10.6 Å². The lowest BCUT2D eigenvalue weighted by Crippen LogP contribution is -2.39. The smallest absolute Gasteiger partial charge is 0.190 e. The average Bonchev–Trinajstić information content (AvgIpc) is 3.11. The van der Waals surface area contributed by atoms with Gasteiger partial charge in [0.15, 0.2) is 5.96 Å². The second-order valence-electron chi connectivity index (χ2n) is 5.65. The Morgan fingerprint density at radius 1 is 1.12 bits per heavy atom. The minimum Gasteiger partial charge on any atom is -0.467 e. The molecule has 0 aliphatic carbocycles. The van der Waals surface area contributed by atoms with Crippen molar-refractivity contribution >= 4 is 5.96 Å². The first-order chi connectivity index (χ1) is 11.8. The van der Waals surface area contributed by atoms with Crippen LogP contribution in [0.15, 0.2) is 52.1 Å². The number of nitrogens with zero attached hydrogens (tertiary/aromatic N) is 1. The lowest BCUT2D eigenvalue weighted by molar-refractivity contribution is 0.105. The molecule has 1 aromatic carbocycles. The van der Waals surface area contributed by atoms with Crippen molar-refractivity contribution in [2.45, 2.75) is 26.4 Å². The Balaban J connectivity index is 1.53. The summed E-state index contributed by atoms with van der Waals surface area (Å²) in [4.78, 5) is 4.23. The number of benzene rings is 1.